The second kappa shape index (κ2) is 4.33. The third-order valence-corrected chi connectivity index (χ3v) is 4.17. The zero-order chi connectivity index (χ0) is 16.3. The van der Waals surface area contributed by atoms with Crippen LogP contribution in [0.25, 0.3) is 16.6 Å². The first kappa shape index (κ1) is 13.3. The van der Waals surface area contributed by atoms with Gasteiger partial charge in [-0.05, 0) is 30.7 Å². The highest BCUT2D eigenvalue weighted by Gasteiger charge is 2.32. The molecule has 7 heteroatoms. The number of hydrogen-bond acceptors (Lipinski definition) is 4. The second-order valence-corrected chi connectivity index (χ2v) is 5.42. The summed E-state index contributed by atoms with van der Waals surface area (Å²) in [6.07, 6.45) is 1.81. The minimum absolute atomic E-state index is 0.0223. The normalized spacial score (nSPS) is 13.4. The molecule has 3 aromatic rings. The number of nitrogen functional groups attached to an aromatic ring is 1. The molecule has 0 spiro atoms. The lowest BCUT2D eigenvalue weighted by atomic mass is 10.1. The third-order valence-electron chi connectivity index (χ3n) is 4.17. The van der Waals surface area contributed by atoms with E-state index in [-0.39, 0.29) is 16.9 Å². The first-order chi connectivity index (χ1) is 11.0. The van der Waals surface area contributed by atoms with Crippen LogP contribution < -0.4 is 16.6 Å². The maximum atomic E-state index is 12.5. The van der Waals surface area contributed by atoms with Crippen molar-refractivity contribution in [3.63, 3.8) is 0 Å². The molecule has 1 aromatic carbocycles. The summed E-state index contributed by atoms with van der Waals surface area (Å²) >= 11 is 0. The van der Waals surface area contributed by atoms with Crippen LogP contribution in [0.1, 0.15) is 26.3 Å². The lowest BCUT2D eigenvalue weighted by Gasteiger charge is -2.14. The Kier molecular flexibility index (Phi) is 2.51. The number of fused-ring (bicyclic) bond motifs is 2. The molecular weight excluding hydrogens is 296 g/mol. The molecule has 1 aliphatic rings. The lowest BCUT2D eigenvalue weighted by Crippen LogP contribution is -2.24. The predicted molar refractivity (Wildman–Crippen MR) is 84.8 cm³/mol. The maximum absolute atomic E-state index is 12.5. The average Bonchev–Trinajstić information content (AvgIpc) is 3.07. The van der Waals surface area contributed by atoms with Gasteiger partial charge in [-0.15, -0.1) is 0 Å². The van der Waals surface area contributed by atoms with E-state index in [2.05, 4.69) is 10.3 Å². The van der Waals surface area contributed by atoms with Crippen LogP contribution in [0.3, 0.4) is 0 Å². The molecular formula is C16H12N4O3. The Hall–Kier alpha value is -3.35. The van der Waals surface area contributed by atoms with E-state index in [1.165, 1.54) is 4.57 Å². The largest absolute Gasteiger partial charge is 0.384 e. The summed E-state index contributed by atoms with van der Waals surface area (Å²) in [5.41, 5.74) is 8.03. The summed E-state index contributed by atoms with van der Waals surface area (Å²) in [4.78, 5) is 39.2. The Morgan fingerprint density at radius 2 is 1.87 bits per heavy atom. The smallest absolute Gasteiger partial charge is 0.262 e. The maximum Gasteiger partial charge on any atom is 0.262 e. The van der Waals surface area contributed by atoms with Crippen molar-refractivity contribution in [1.82, 2.24) is 14.9 Å². The topological polar surface area (TPSA) is 110 Å². The summed E-state index contributed by atoms with van der Waals surface area (Å²) in [5, 5.41) is 3.11. The summed E-state index contributed by atoms with van der Waals surface area (Å²) in [5.74, 6) is -1.22. The van der Waals surface area contributed by atoms with Crippen molar-refractivity contribution >= 4 is 28.5 Å². The van der Waals surface area contributed by atoms with Crippen LogP contribution in [0.2, 0.25) is 0 Å². The number of imide groups is 1. The zero-order valence-electron chi connectivity index (χ0n) is 12.1. The number of carbonyl (C=O) groups excluding carboxylic acids is 2. The van der Waals surface area contributed by atoms with E-state index in [1.807, 2.05) is 25.3 Å². The highest BCUT2D eigenvalue weighted by molar-refractivity contribution is 6.23. The minimum atomic E-state index is -0.598. The number of rotatable bonds is 1. The van der Waals surface area contributed by atoms with Gasteiger partial charge in [0.25, 0.3) is 17.4 Å². The Bertz CT molecular complexity index is 1070. The van der Waals surface area contributed by atoms with Crippen LogP contribution in [0.5, 0.6) is 0 Å². The molecule has 4 N–H and O–H groups in total. The number of benzene rings is 1. The molecule has 0 radical (unpaired) electrons. The van der Waals surface area contributed by atoms with Gasteiger partial charge >= 0.3 is 0 Å². The van der Waals surface area contributed by atoms with E-state index in [9.17, 15) is 14.4 Å². The van der Waals surface area contributed by atoms with Crippen LogP contribution >= 0.6 is 0 Å². The van der Waals surface area contributed by atoms with Crippen molar-refractivity contribution < 1.29 is 9.59 Å². The van der Waals surface area contributed by atoms with Gasteiger partial charge in [-0.3, -0.25) is 24.3 Å². The third kappa shape index (κ3) is 1.67. The van der Waals surface area contributed by atoms with E-state index < -0.39 is 17.4 Å². The SMILES string of the molecule is Cc1c(-n2c(N)c3c(cc2=O)C(=O)NC3=O)ccc2[nH]ccc12. The van der Waals surface area contributed by atoms with Crippen LogP contribution in [-0.2, 0) is 0 Å². The van der Waals surface area contributed by atoms with Gasteiger partial charge in [0.15, 0.2) is 0 Å². The van der Waals surface area contributed by atoms with Gasteiger partial charge in [0.05, 0.1) is 16.8 Å². The molecule has 23 heavy (non-hydrogen) atoms. The molecule has 3 heterocycles. The number of H-pyrrole nitrogens is 1. The average molecular weight is 308 g/mol. The van der Waals surface area contributed by atoms with Crippen molar-refractivity contribution in [3.05, 3.63) is 57.5 Å². The molecule has 114 valence electrons. The molecule has 0 saturated carbocycles. The first-order valence-electron chi connectivity index (χ1n) is 6.97. The van der Waals surface area contributed by atoms with Crippen molar-refractivity contribution in [3.8, 4) is 5.69 Å². The highest BCUT2D eigenvalue weighted by atomic mass is 16.2. The molecule has 0 unspecified atom stereocenters. The number of nitrogens with two attached hydrogens (primary N) is 1. The predicted octanol–water partition coefficient (Wildman–Crippen LogP) is 1.09. The molecule has 0 aliphatic carbocycles. The van der Waals surface area contributed by atoms with Gasteiger partial charge < -0.3 is 10.7 Å². The zero-order valence-corrected chi connectivity index (χ0v) is 12.1. The number of hydrogen-bond donors (Lipinski definition) is 3. The first-order valence-corrected chi connectivity index (χ1v) is 6.97. The molecule has 0 saturated heterocycles. The Morgan fingerprint density at radius 3 is 2.65 bits per heavy atom. The molecule has 2 aromatic heterocycles. The van der Waals surface area contributed by atoms with Gasteiger partial charge in [-0.25, -0.2) is 0 Å². The number of aromatic nitrogens is 2. The monoisotopic (exact) mass is 308 g/mol. The molecule has 0 fully saturated rings. The number of nitrogens with zero attached hydrogens (tertiary/aromatic N) is 1. The van der Waals surface area contributed by atoms with Gasteiger partial charge in [-0.2, -0.15) is 0 Å². The molecule has 7 nitrogen and oxygen atoms in total. The van der Waals surface area contributed by atoms with Crippen molar-refractivity contribution in [2.24, 2.45) is 0 Å². The molecule has 0 atom stereocenters. The van der Waals surface area contributed by atoms with Gasteiger partial charge in [0.1, 0.15) is 5.82 Å². The standard InChI is InChI=1S/C16H12N4O3/c1-7-8-4-5-18-10(8)2-3-11(7)20-12(21)6-9-13(14(20)17)16(23)19-15(9)22/h2-6,18H,17H2,1H3,(H,19,22,23). The van der Waals surface area contributed by atoms with Crippen molar-refractivity contribution in [2.75, 3.05) is 5.73 Å². The second-order valence-electron chi connectivity index (χ2n) is 5.42. The Morgan fingerprint density at radius 1 is 1.09 bits per heavy atom. The van der Waals surface area contributed by atoms with Gasteiger partial charge in [-0.1, -0.05) is 0 Å². The lowest BCUT2D eigenvalue weighted by molar-refractivity contribution is 0.0880. The Balaban J connectivity index is 2.08. The van der Waals surface area contributed by atoms with E-state index in [4.69, 9.17) is 5.73 Å². The highest BCUT2D eigenvalue weighted by Crippen LogP contribution is 2.27. The number of aryl methyl sites for hydroxylation is 1. The summed E-state index contributed by atoms with van der Waals surface area (Å²) in [6, 6.07) is 6.64. The van der Waals surface area contributed by atoms with Crippen LogP contribution in [0, 0.1) is 6.92 Å². The number of carbonyl (C=O) groups is 2. The van der Waals surface area contributed by atoms with Crippen LogP contribution in [0.15, 0.2) is 35.3 Å². The summed E-state index contributed by atoms with van der Waals surface area (Å²) < 4.78 is 1.26. The molecule has 2 amide bonds. The van der Waals surface area contributed by atoms with Gasteiger partial charge in [0, 0.05) is 23.2 Å². The van der Waals surface area contributed by atoms with E-state index in [0.717, 1.165) is 22.5 Å². The minimum Gasteiger partial charge on any atom is -0.384 e. The quantitative estimate of drug-likeness (QED) is 0.584. The van der Waals surface area contributed by atoms with E-state index in [0.29, 0.717) is 5.69 Å². The van der Waals surface area contributed by atoms with Crippen molar-refractivity contribution in [2.45, 2.75) is 6.92 Å². The number of anilines is 1. The Labute approximate surface area is 129 Å². The molecule has 0 bridgehead atoms. The van der Waals surface area contributed by atoms with Crippen molar-refractivity contribution in [1.29, 1.82) is 0 Å². The van der Waals surface area contributed by atoms with E-state index >= 15 is 0 Å². The number of nitrogens with one attached hydrogen (secondary N) is 2. The van der Waals surface area contributed by atoms with Crippen LogP contribution in [-0.4, -0.2) is 21.4 Å². The number of pyridine rings is 1. The summed E-state index contributed by atoms with van der Waals surface area (Å²) in [7, 11) is 0. The molecule has 4 rings (SSSR count). The summed E-state index contributed by atoms with van der Waals surface area (Å²) in [6.45, 7) is 1.87. The fourth-order valence-corrected chi connectivity index (χ4v) is 3.04. The molecule has 1 aliphatic heterocycles. The van der Waals surface area contributed by atoms with Gasteiger partial charge in [0.2, 0.25) is 0 Å². The number of aromatic amines is 1. The van der Waals surface area contributed by atoms with Crippen LogP contribution in [0.4, 0.5) is 5.82 Å². The fraction of sp³-hybridized carbons (Fsp3) is 0.0625. The van der Waals surface area contributed by atoms with E-state index in [1.54, 1.807) is 6.07 Å². The number of amides is 2. The fourth-order valence-electron chi connectivity index (χ4n) is 3.04.